The number of nitrogens with zero attached hydrogens (tertiary/aromatic N) is 1. The van der Waals surface area contributed by atoms with Gasteiger partial charge in [-0.3, -0.25) is 0 Å². The summed E-state index contributed by atoms with van der Waals surface area (Å²) in [5.41, 5.74) is 2.66. The van der Waals surface area contributed by atoms with Gasteiger partial charge in [-0.1, -0.05) is 24.9 Å². The van der Waals surface area contributed by atoms with Crippen LogP contribution in [-0.2, 0) is 6.54 Å². The minimum Gasteiger partial charge on any atom is -0.371 e. The minimum absolute atomic E-state index is 0.827. The van der Waals surface area contributed by atoms with Gasteiger partial charge in [0.1, 0.15) is 0 Å². The first-order valence-electron chi connectivity index (χ1n) is 6.92. The van der Waals surface area contributed by atoms with Crippen molar-refractivity contribution in [3.8, 4) is 0 Å². The molecule has 0 aromatic heterocycles. The maximum atomic E-state index is 6.10. The van der Waals surface area contributed by atoms with Crippen LogP contribution in [0.2, 0.25) is 5.02 Å². The summed E-state index contributed by atoms with van der Waals surface area (Å²) >= 11 is 6.10. The highest BCUT2D eigenvalue weighted by Gasteiger charge is 2.20. The molecular formula is C15H23ClN2. The second-order valence-electron chi connectivity index (χ2n) is 5.17. The van der Waals surface area contributed by atoms with E-state index < -0.39 is 0 Å². The zero-order chi connectivity index (χ0) is 13.0. The van der Waals surface area contributed by atoms with Crippen LogP contribution >= 0.6 is 11.6 Å². The van der Waals surface area contributed by atoms with Crippen molar-refractivity contribution in [1.29, 1.82) is 0 Å². The molecular weight excluding hydrogens is 244 g/mol. The van der Waals surface area contributed by atoms with E-state index in [0.717, 1.165) is 17.5 Å². The third-order valence-corrected chi connectivity index (χ3v) is 4.08. The Morgan fingerprint density at radius 3 is 3.00 bits per heavy atom. The third-order valence-electron chi connectivity index (χ3n) is 3.85. The molecule has 1 saturated heterocycles. The quantitative estimate of drug-likeness (QED) is 0.894. The van der Waals surface area contributed by atoms with Gasteiger partial charge in [0.2, 0.25) is 0 Å². The van der Waals surface area contributed by atoms with E-state index in [2.05, 4.69) is 29.3 Å². The Balaban J connectivity index is 2.20. The van der Waals surface area contributed by atoms with Crippen LogP contribution < -0.4 is 10.2 Å². The predicted molar refractivity (Wildman–Crippen MR) is 79.4 cm³/mol. The summed E-state index contributed by atoms with van der Waals surface area (Å²) in [5, 5.41) is 4.06. The molecule has 0 spiro atoms. The van der Waals surface area contributed by atoms with E-state index in [1.807, 2.05) is 13.1 Å². The average Bonchev–Trinajstić information content (AvgIpc) is 2.39. The zero-order valence-electron chi connectivity index (χ0n) is 11.4. The normalized spacial score (nSPS) is 20.2. The summed E-state index contributed by atoms with van der Waals surface area (Å²) in [6.45, 7) is 5.54. The summed E-state index contributed by atoms with van der Waals surface area (Å²) in [4.78, 5) is 2.53. The highest BCUT2D eigenvalue weighted by Crippen LogP contribution is 2.29. The van der Waals surface area contributed by atoms with Crippen molar-refractivity contribution in [2.75, 3.05) is 25.0 Å². The zero-order valence-corrected chi connectivity index (χ0v) is 12.1. The van der Waals surface area contributed by atoms with E-state index >= 15 is 0 Å². The Bertz CT molecular complexity index is 392. The van der Waals surface area contributed by atoms with Crippen molar-refractivity contribution in [3.05, 3.63) is 28.8 Å². The van der Waals surface area contributed by atoms with Crippen molar-refractivity contribution in [2.24, 2.45) is 5.92 Å². The first-order valence-corrected chi connectivity index (χ1v) is 7.30. The maximum Gasteiger partial charge on any atom is 0.0412 e. The van der Waals surface area contributed by atoms with Crippen LogP contribution in [-0.4, -0.2) is 20.1 Å². The smallest absolute Gasteiger partial charge is 0.0412 e. The Morgan fingerprint density at radius 2 is 2.28 bits per heavy atom. The lowest BCUT2D eigenvalue weighted by atomic mass is 9.94. The Kier molecular flexibility index (Phi) is 4.90. The van der Waals surface area contributed by atoms with E-state index in [0.29, 0.717) is 0 Å². The number of piperidine rings is 1. The molecule has 0 radical (unpaired) electrons. The van der Waals surface area contributed by atoms with Gasteiger partial charge in [0.05, 0.1) is 0 Å². The first kappa shape index (κ1) is 13.7. The Labute approximate surface area is 115 Å². The Morgan fingerprint density at radius 1 is 1.44 bits per heavy atom. The van der Waals surface area contributed by atoms with Gasteiger partial charge in [-0.15, -0.1) is 0 Å². The van der Waals surface area contributed by atoms with Gasteiger partial charge in [0, 0.05) is 30.3 Å². The largest absolute Gasteiger partial charge is 0.371 e. The number of hydrogen-bond acceptors (Lipinski definition) is 2. The Hall–Kier alpha value is -0.730. The maximum absolute atomic E-state index is 6.10. The first-order chi connectivity index (χ1) is 8.74. The van der Waals surface area contributed by atoms with E-state index in [1.54, 1.807) is 0 Å². The summed E-state index contributed by atoms with van der Waals surface area (Å²) in [6.07, 6.45) is 3.97. The van der Waals surface area contributed by atoms with Gasteiger partial charge >= 0.3 is 0 Å². The van der Waals surface area contributed by atoms with Crippen molar-refractivity contribution < 1.29 is 0 Å². The molecule has 0 saturated carbocycles. The van der Waals surface area contributed by atoms with Crippen LogP contribution in [0.25, 0.3) is 0 Å². The van der Waals surface area contributed by atoms with Gasteiger partial charge in [-0.2, -0.15) is 0 Å². The molecule has 1 fully saturated rings. The topological polar surface area (TPSA) is 15.3 Å². The molecule has 0 bridgehead atoms. The highest BCUT2D eigenvalue weighted by atomic mass is 35.5. The molecule has 1 aromatic carbocycles. The number of benzene rings is 1. The predicted octanol–water partition coefficient (Wildman–Crippen LogP) is 3.69. The van der Waals surface area contributed by atoms with E-state index in [9.17, 15) is 0 Å². The molecule has 100 valence electrons. The van der Waals surface area contributed by atoms with Crippen molar-refractivity contribution >= 4 is 17.3 Å². The molecule has 1 aliphatic rings. The van der Waals surface area contributed by atoms with Crippen LogP contribution in [0.4, 0.5) is 5.69 Å². The molecule has 1 unspecified atom stereocenters. The fourth-order valence-electron chi connectivity index (χ4n) is 2.81. The van der Waals surface area contributed by atoms with Crippen molar-refractivity contribution in [3.63, 3.8) is 0 Å². The monoisotopic (exact) mass is 266 g/mol. The molecule has 3 heteroatoms. The number of nitrogens with one attached hydrogen (secondary N) is 1. The molecule has 1 aromatic rings. The van der Waals surface area contributed by atoms with Crippen LogP contribution in [0.3, 0.4) is 0 Å². The second kappa shape index (κ2) is 6.44. The molecule has 1 aliphatic heterocycles. The fourth-order valence-corrected chi connectivity index (χ4v) is 3.01. The molecule has 0 aliphatic carbocycles. The number of halogens is 1. The summed E-state index contributed by atoms with van der Waals surface area (Å²) in [6, 6.07) is 6.27. The molecule has 0 amide bonds. The lowest BCUT2D eigenvalue weighted by Gasteiger charge is -2.35. The molecule has 1 atom stereocenters. The number of anilines is 1. The fraction of sp³-hybridized carbons (Fsp3) is 0.600. The molecule has 1 N–H and O–H groups in total. The van der Waals surface area contributed by atoms with Crippen LogP contribution in [0.5, 0.6) is 0 Å². The molecule has 2 rings (SSSR count). The molecule has 1 heterocycles. The van der Waals surface area contributed by atoms with Crippen LogP contribution in [0.15, 0.2) is 18.2 Å². The van der Waals surface area contributed by atoms with Crippen LogP contribution in [0, 0.1) is 5.92 Å². The number of rotatable bonds is 4. The third kappa shape index (κ3) is 3.18. The van der Waals surface area contributed by atoms with Gasteiger partial charge in [-0.25, -0.2) is 0 Å². The summed E-state index contributed by atoms with van der Waals surface area (Å²) < 4.78 is 0. The van der Waals surface area contributed by atoms with Gasteiger partial charge < -0.3 is 10.2 Å². The number of hydrogen-bond donors (Lipinski definition) is 1. The second-order valence-corrected chi connectivity index (χ2v) is 5.60. The van der Waals surface area contributed by atoms with Gasteiger partial charge in [-0.05, 0) is 49.6 Å². The minimum atomic E-state index is 0.827. The van der Waals surface area contributed by atoms with E-state index in [1.165, 1.54) is 43.6 Å². The summed E-state index contributed by atoms with van der Waals surface area (Å²) in [5.74, 6) is 0.844. The van der Waals surface area contributed by atoms with Crippen molar-refractivity contribution in [1.82, 2.24) is 5.32 Å². The SMILES string of the molecule is CCC1CCCN(c2ccc(Cl)cc2CNC)C1. The average molecular weight is 267 g/mol. The highest BCUT2D eigenvalue weighted by molar-refractivity contribution is 6.30. The van der Waals surface area contributed by atoms with Crippen molar-refractivity contribution in [2.45, 2.75) is 32.7 Å². The lowest BCUT2D eigenvalue weighted by Crippen LogP contribution is -2.36. The molecule has 18 heavy (non-hydrogen) atoms. The van der Waals surface area contributed by atoms with E-state index in [4.69, 9.17) is 11.6 Å². The summed E-state index contributed by atoms with van der Waals surface area (Å²) in [7, 11) is 1.98. The van der Waals surface area contributed by atoms with Gasteiger partial charge in [0.25, 0.3) is 0 Å². The standard InChI is InChI=1S/C15H23ClN2/c1-3-12-5-4-8-18(11-12)15-7-6-14(16)9-13(15)10-17-2/h6-7,9,12,17H,3-5,8,10-11H2,1-2H3. The molecule has 2 nitrogen and oxygen atoms in total. The van der Waals surface area contributed by atoms with E-state index in [-0.39, 0.29) is 0 Å². The lowest BCUT2D eigenvalue weighted by molar-refractivity contribution is 0.404. The van der Waals surface area contributed by atoms with Gasteiger partial charge in [0.15, 0.2) is 0 Å². The van der Waals surface area contributed by atoms with Crippen LogP contribution in [0.1, 0.15) is 31.7 Å².